The molecule has 2 nitrogen and oxygen atoms in total. The SMILES string of the molecule is C=C(C#N)C(C)=N. The lowest BCUT2D eigenvalue weighted by Crippen LogP contribution is -1.87. The molecule has 0 saturated carbocycles. The van der Waals surface area contributed by atoms with E-state index in [1.54, 1.807) is 6.07 Å². The van der Waals surface area contributed by atoms with E-state index in [1.807, 2.05) is 0 Å². The maximum absolute atomic E-state index is 8.01. The fourth-order valence-electron chi connectivity index (χ4n) is 0.0839. The molecule has 36 valence electrons. The van der Waals surface area contributed by atoms with Crippen molar-refractivity contribution in [1.82, 2.24) is 0 Å². The number of nitriles is 1. The van der Waals surface area contributed by atoms with Crippen molar-refractivity contribution >= 4 is 5.71 Å². The van der Waals surface area contributed by atoms with E-state index in [4.69, 9.17) is 10.7 Å². The van der Waals surface area contributed by atoms with E-state index in [0.717, 1.165) is 0 Å². The summed E-state index contributed by atoms with van der Waals surface area (Å²) in [4.78, 5) is 0. The molecule has 1 N–H and O–H groups in total. The first-order valence-electron chi connectivity index (χ1n) is 1.83. The topological polar surface area (TPSA) is 47.6 Å². The molecule has 0 saturated heterocycles. The number of hydrogen-bond acceptors (Lipinski definition) is 2. The van der Waals surface area contributed by atoms with Gasteiger partial charge >= 0.3 is 0 Å². The van der Waals surface area contributed by atoms with Crippen molar-refractivity contribution in [1.29, 1.82) is 10.7 Å². The summed E-state index contributed by atoms with van der Waals surface area (Å²) in [6.07, 6.45) is 0. The first-order valence-corrected chi connectivity index (χ1v) is 1.83. The van der Waals surface area contributed by atoms with Crippen LogP contribution >= 0.6 is 0 Å². The largest absolute Gasteiger partial charge is 0.304 e. The van der Waals surface area contributed by atoms with Crippen LogP contribution in [0.2, 0.25) is 0 Å². The Kier molecular flexibility index (Phi) is 1.80. The van der Waals surface area contributed by atoms with Crippen LogP contribution in [0.4, 0.5) is 0 Å². The molecule has 0 rings (SSSR count). The van der Waals surface area contributed by atoms with Crippen molar-refractivity contribution in [3.63, 3.8) is 0 Å². The highest BCUT2D eigenvalue weighted by Crippen LogP contribution is 1.85. The van der Waals surface area contributed by atoms with Gasteiger partial charge in [0.15, 0.2) is 0 Å². The van der Waals surface area contributed by atoms with Gasteiger partial charge in [-0.2, -0.15) is 5.26 Å². The molecule has 0 atom stereocenters. The fraction of sp³-hybridized carbons (Fsp3) is 0.200. The van der Waals surface area contributed by atoms with Gasteiger partial charge in [0.1, 0.15) is 6.07 Å². The molecule has 0 aliphatic heterocycles. The number of allylic oxidation sites excluding steroid dienone is 1. The van der Waals surface area contributed by atoms with Crippen LogP contribution in [0, 0.1) is 16.7 Å². The van der Waals surface area contributed by atoms with Crippen LogP contribution < -0.4 is 0 Å². The summed E-state index contributed by atoms with van der Waals surface area (Å²) in [6.45, 7) is 4.82. The number of rotatable bonds is 1. The minimum Gasteiger partial charge on any atom is -0.304 e. The second kappa shape index (κ2) is 2.14. The van der Waals surface area contributed by atoms with E-state index < -0.39 is 0 Å². The summed E-state index contributed by atoms with van der Waals surface area (Å²) in [6, 6.07) is 1.75. The van der Waals surface area contributed by atoms with E-state index >= 15 is 0 Å². The molecule has 0 radical (unpaired) electrons. The third-order valence-electron chi connectivity index (χ3n) is 0.588. The maximum Gasteiger partial charge on any atom is 0.100 e. The van der Waals surface area contributed by atoms with Crippen molar-refractivity contribution in [2.24, 2.45) is 0 Å². The van der Waals surface area contributed by atoms with Crippen molar-refractivity contribution in [2.75, 3.05) is 0 Å². The molecule has 0 aliphatic rings. The smallest absolute Gasteiger partial charge is 0.100 e. The van der Waals surface area contributed by atoms with Crippen molar-refractivity contribution in [3.05, 3.63) is 12.2 Å². The van der Waals surface area contributed by atoms with Gasteiger partial charge in [0.25, 0.3) is 0 Å². The number of hydrogen-bond donors (Lipinski definition) is 1. The summed E-state index contributed by atoms with van der Waals surface area (Å²) < 4.78 is 0. The molecule has 0 heterocycles. The normalized spacial score (nSPS) is 6.86. The zero-order valence-electron chi connectivity index (χ0n) is 4.15. The summed E-state index contributed by atoms with van der Waals surface area (Å²) in [7, 11) is 0. The van der Waals surface area contributed by atoms with Crippen molar-refractivity contribution < 1.29 is 0 Å². The van der Waals surface area contributed by atoms with E-state index in [-0.39, 0.29) is 11.3 Å². The van der Waals surface area contributed by atoms with Gasteiger partial charge in [-0.1, -0.05) is 6.58 Å². The Bertz CT molecular complexity index is 139. The highest BCUT2D eigenvalue weighted by Gasteiger charge is 1.88. The third-order valence-corrected chi connectivity index (χ3v) is 0.588. The molecule has 0 amide bonds. The van der Waals surface area contributed by atoms with Gasteiger partial charge in [0.2, 0.25) is 0 Å². The van der Waals surface area contributed by atoms with E-state index in [0.29, 0.717) is 0 Å². The minimum atomic E-state index is 0.236. The van der Waals surface area contributed by atoms with E-state index in [9.17, 15) is 0 Å². The molecule has 0 aromatic rings. The van der Waals surface area contributed by atoms with Gasteiger partial charge in [0.05, 0.1) is 5.57 Å². The molecule has 0 unspecified atom stereocenters. The van der Waals surface area contributed by atoms with Gasteiger partial charge in [-0.3, -0.25) is 0 Å². The van der Waals surface area contributed by atoms with E-state index in [2.05, 4.69) is 6.58 Å². The summed E-state index contributed by atoms with van der Waals surface area (Å²) in [5.41, 5.74) is 0.475. The van der Waals surface area contributed by atoms with Crippen LogP contribution in [0.5, 0.6) is 0 Å². The van der Waals surface area contributed by atoms with Gasteiger partial charge < -0.3 is 5.41 Å². The zero-order valence-corrected chi connectivity index (χ0v) is 4.15. The van der Waals surface area contributed by atoms with Crippen molar-refractivity contribution in [2.45, 2.75) is 6.92 Å². The highest BCUT2D eigenvalue weighted by atomic mass is 14.4. The molecule has 0 fully saturated rings. The fourth-order valence-corrected chi connectivity index (χ4v) is 0.0839. The second-order valence-electron chi connectivity index (χ2n) is 1.22. The Morgan fingerprint density at radius 2 is 2.29 bits per heavy atom. The van der Waals surface area contributed by atoms with Crippen LogP contribution in [0.3, 0.4) is 0 Å². The Labute approximate surface area is 42.6 Å². The Hall–Kier alpha value is -1.10. The van der Waals surface area contributed by atoms with Crippen LogP contribution in [-0.4, -0.2) is 5.71 Å². The highest BCUT2D eigenvalue weighted by molar-refractivity contribution is 5.98. The molecule has 7 heavy (non-hydrogen) atoms. The average Bonchev–Trinajstić information content (AvgIpc) is 1.65. The third kappa shape index (κ3) is 1.72. The van der Waals surface area contributed by atoms with Crippen LogP contribution in [0.1, 0.15) is 6.92 Å². The Balaban J connectivity index is 3.90. The van der Waals surface area contributed by atoms with Gasteiger partial charge in [-0.25, -0.2) is 0 Å². The minimum absolute atomic E-state index is 0.236. The second-order valence-corrected chi connectivity index (χ2v) is 1.22. The molecule has 0 spiro atoms. The Morgan fingerprint density at radius 3 is 2.29 bits per heavy atom. The molecule has 0 aliphatic carbocycles. The lowest BCUT2D eigenvalue weighted by Gasteiger charge is -1.82. The number of nitrogens with one attached hydrogen (secondary N) is 1. The molecule has 0 bridgehead atoms. The number of nitrogens with zero attached hydrogens (tertiary/aromatic N) is 1. The summed E-state index contributed by atoms with van der Waals surface area (Å²) in [5.74, 6) is 0. The quantitative estimate of drug-likeness (QED) is 0.384. The monoisotopic (exact) mass is 94.1 g/mol. The first-order chi connectivity index (χ1) is 3.18. The van der Waals surface area contributed by atoms with Gasteiger partial charge in [-0.15, -0.1) is 0 Å². The lowest BCUT2D eigenvalue weighted by molar-refractivity contribution is 1.45. The lowest BCUT2D eigenvalue weighted by atomic mass is 10.2. The van der Waals surface area contributed by atoms with Crippen LogP contribution in [0.15, 0.2) is 12.2 Å². The van der Waals surface area contributed by atoms with Gasteiger partial charge in [0, 0.05) is 5.71 Å². The van der Waals surface area contributed by atoms with Crippen LogP contribution in [-0.2, 0) is 0 Å². The summed E-state index contributed by atoms with van der Waals surface area (Å²) in [5, 5.41) is 14.8. The molecular weight excluding hydrogens is 88.1 g/mol. The maximum atomic E-state index is 8.01. The molecule has 0 aromatic heterocycles. The van der Waals surface area contributed by atoms with Crippen molar-refractivity contribution in [3.8, 4) is 6.07 Å². The Morgan fingerprint density at radius 1 is 1.86 bits per heavy atom. The standard InChI is InChI=1S/C5H6N2/c1-4(3-6)5(2)7/h7H,1H2,2H3. The van der Waals surface area contributed by atoms with E-state index in [1.165, 1.54) is 6.92 Å². The zero-order chi connectivity index (χ0) is 5.86. The molecule has 2 heteroatoms. The average molecular weight is 94.1 g/mol. The van der Waals surface area contributed by atoms with Gasteiger partial charge in [-0.05, 0) is 6.92 Å². The predicted octanol–water partition coefficient (Wildman–Crippen LogP) is 1.11. The molecular formula is C5H6N2. The predicted molar refractivity (Wildman–Crippen MR) is 28.2 cm³/mol. The summed E-state index contributed by atoms with van der Waals surface area (Å²) >= 11 is 0. The first kappa shape index (κ1) is 5.90. The van der Waals surface area contributed by atoms with Crippen LogP contribution in [0.25, 0.3) is 0 Å². The molecule has 0 aromatic carbocycles.